The lowest BCUT2D eigenvalue weighted by Crippen LogP contribution is -2.17. The van der Waals surface area contributed by atoms with E-state index in [0.29, 0.717) is 0 Å². The second kappa shape index (κ2) is 4.33. The fourth-order valence-corrected chi connectivity index (χ4v) is 1.66. The average Bonchev–Trinajstić information content (AvgIpc) is 2.26. The van der Waals surface area contributed by atoms with Gasteiger partial charge in [0.05, 0.1) is 13.3 Å². The Kier molecular flexibility index (Phi) is 2.89. The van der Waals surface area contributed by atoms with Crippen LogP contribution >= 0.6 is 0 Å². The first-order chi connectivity index (χ1) is 6.90. The summed E-state index contributed by atoms with van der Waals surface area (Å²) in [5, 5.41) is 6.33. The molecule has 0 atom stereocenters. The fraction of sp³-hybridized carbons (Fsp3) is 0.455. The maximum atomic E-state index is 5.54. The molecule has 0 radical (unpaired) electrons. The molecule has 1 heterocycles. The van der Waals surface area contributed by atoms with Crippen LogP contribution in [-0.2, 0) is 6.42 Å². The summed E-state index contributed by atoms with van der Waals surface area (Å²) >= 11 is 0. The summed E-state index contributed by atoms with van der Waals surface area (Å²) in [6.07, 6.45) is 2.26. The molecule has 0 amide bonds. The maximum Gasteiger partial charge on any atom is 0.122 e. The minimum Gasteiger partial charge on any atom is -0.493 e. The normalized spacial score (nSPS) is 14.4. The van der Waals surface area contributed by atoms with E-state index in [-0.39, 0.29) is 0 Å². The van der Waals surface area contributed by atoms with E-state index in [9.17, 15) is 0 Å². The molecule has 0 saturated heterocycles. The van der Waals surface area contributed by atoms with Crippen LogP contribution in [0.5, 0.6) is 5.75 Å². The molecule has 0 unspecified atom stereocenters. The van der Waals surface area contributed by atoms with Crippen LogP contribution in [0.25, 0.3) is 0 Å². The van der Waals surface area contributed by atoms with Gasteiger partial charge >= 0.3 is 0 Å². The summed E-state index contributed by atoms with van der Waals surface area (Å²) in [7, 11) is 1.93. The molecule has 3 heteroatoms. The zero-order chi connectivity index (χ0) is 9.80. The average molecular weight is 192 g/mol. The number of ether oxygens (including phenoxy) is 1. The molecule has 1 aromatic carbocycles. The van der Waals surface area contributed by atoms with E-state index in [4.69, 9.17) is 4.74 Å². The highest BCUT2D eigenvalue weighted by molar-refractivity contribution is 5.51. The first-order valence-corrected chi connectivity index (χ1v) is 5.04. The van der Waals surface area contributed by atoms with Gasteiger partial charge in [0.2, 0.25) is 0 Å². The molecule has 0 aromatic heterocycles. The van der Waals surface area contributed by atoms with Gasteiger partial charge in [-0.1, -0.05) is 0 Å². The van der Waals surface area contributed by atoms with Crippen molar-refractivity contribution in [3.63, 3.8) is 0 Å². The smallest absolute Gasteiger partial charge is 0.122 e. The number of rotatable bonds is 3. The topological polar surface area (TPSA) is 33.3 Å². The third-order valence-corrected chi connectivity index (χ3v) is 2.38. The monoisotopic (exact) mass is 192 g/mol. The predicted molar refractivity (Wildman–Crippen MR) is 57.8 cm³/mol. The van der Waals surface area contributed by atoms with Gasteiger partial charge in [-0.25, -0.2) is 0 Å². The van der Waals surface area contributed by atoms with Crippen LogP contribution in [0.1, 0.15) is 12.0 Å². The lowest BCUT2D eigenvalue weighted by atomic mass is 10.1. The van der Waals surface area contributed by atoms with Crippen LogP contribution in [0.2, 0.25) is 0 Å². The molecule has 14 heavy (non-hydrogen) atoms. The summed E-state index contributed by atoms with van der Waals surface area (Å²) in [4.78, 5) is 0. The van der Waals surface area contributed by atoms with E-state index >= 15 is 0 Å². The summed E-state index contributed by atoms with van der Waals surface area (Å²) in [6, 6.07) is 6.28. The highest BCUT2D eigenvalue weighted by Gasteiger charge is 2.09. The van der Waals surface area contributed by atoms with E-state index in [1.165, 1.54) is 5.56 Å². The van der Waals surface area contributed by atoms with Gasteiger partial charge in [0.25, 0.3) is 0 Å². The highest BCUT2D eigenvalue weighted by Crippen LogP contribution is 2.27. The molecule has 1 aliphatic heterocycles. The molecule has 2 rings (SSSR count). The van der Waals surface area contributed by atoms with Crippen molar-refractivity contribution in [3.8, 4) is 5.75 Å². The van der Waals surface area contributed by atoms with Crippen molar-refractivity contribution in [3.05, 3.63) is 23.8 Å². The number of nitrogens with one attached hydrogen (secondary N) is 2. The number of benzene rings is 1. The fourth-order valence-electron chi connectivity index (χ4n) is 1.66. The Morgan fingerprint density at radius 1 is 1.43 bits per heavy atom. The first kappa shape index (κ1) is 9.34. The summed E-state index contributed by atoms with van der Waals surface area (Å²) < 4.78 is 5.54. The van der Waals surface area contributed by atoms with Crippen molar-refractivity contribution in [2.75, 3.05) is 25.6 Å². The Balaban J connectivity index is 2.12. The molecule has 0 fully saturated rings. The van der Waals surface area contributed by atoms with Crippen LogP contribution in [-0.4, -0.2) is 20.3 Å². The van der Waals surface area contributed by atoms with E-state index in [0.717, 1.165) is 37.6 Å². The number of hydrogen-bond acceptors (Lipinski definition) is 3. The molecule has 0 spiro atoms. The number of hydrogen-bond donors (Lipinski definition) is 2. The van der Waals surface area contributed by atoms with Crippen LogP contribution in [0.15, 0.2) is 18.2 Å². The number of anilines is 1. The molecular weight excluding hydrogens is 176 g/mol. The quantitative estimate of drug-likeness (QED) is 0.714. The summed E-state index contributed by atoms with van der Waals surface area (Å²) in [5.41, 5.74) is 2.47. The Morgan fingerprint density at radius 3 is 3.21 bits per heavy atom. The lowest BCUT2D eigenvalue weighted by molar-refractivity contribution is 0.288. The largest absolute Gasteiger partial charge is 0.493 e. The number of fused-ring (bicyclic) bond motifs is 1. The Morgan fingerprint density at radius 2 is 2.36 bits per heavy atom. The van der Waals surface area contributed by atoms with E-state index in [2.05, 4.69) is 22.8 Å². The summed E-state index contributed by atoms with van der Waals surface area (Å²) in [6.45, 7) is 1.65. The third kappa shape index (κ3) is 1.99. The maximum absolute atomic E-state index is 5.54. The molecule has 1 aliphatic rings. The Hall–Kier alpha value is -1.22. The molecule has 0 bridgehead atoms. The van der Waals surface area contributed by atoms with Crippen LogP contribution in [0.4, 0.5) is 5.69 Å². The van der Waals surface area contributed by atoms with Crippen molar-refractivity contribution < 1.29 is 4.74 Å². The standard InChI is InChI=1S/C11H16N2O/c1-12-8-13-10-4-5-11-9(7-10)3-2-6-14-11/h4-5,7,12-13H,2-3,6,8H2,1H3. The lowest BCUT2D eigenvalue weighted by Gasteiger charge is -2.18. The molecule has 1 aromatic rings. The van der Waals surface area contributed by atoms with Crippen molar-refractivity contribution in [2.24, 2.45) is 0 Å². The molecule has 2 N–H and O–H groups in total. The molecular formula is C11H16N2O. The highest BCUT2D eigenvalue weighted by atomic mass is 16.5. The van der Waals surface area contributed by atoms with Gasteiger partial charge in [-0.3, -0.25) is 0 Å². The van der Waals surface area contributed by atoms with Gasteiger partial charge in [0.15, 0.2) is 0 Å². The summed E-state index contributed by atoms with van der Waals surface area (Å²) in [5.74, 6) is 1.05. The van der Waals surface area contributed by atoms with E-state index in [1.807, 2.05) is 13.1 Å². The van der Waals surface area contributed by atoms with Crippen LogP contribution in [0, 0.1) is 0 Å². The molecule has 76 valence electrons. The minimum absolute atomic E-state index is 0.791. The second-order valence-corrected chi connectivity index (χ2v) is 3.48. The Bertz CT molecular complexity index is 312. The van der Waals surface area contributed by atoms with Gasteiger partial charge in [-0.05, 0) is 43.7 Å². The van der Waals surface area contributed by atoms with Crippen LogP contribution < -0.4 is 15.4 Å². The van der Waals surface area contributed by atoms with Gasteiger partial charge in [0, 0.05) is 5.69 Å². The van der Waals surface area contributed by atoms with E-state index < -0.39 is 0 Å². The molecule has 0 saturated carbocycles. The minimum atomic E-state index is 0.791. The van der Waals surface area contributed by atoms with Crippen molar-refractivity contribution in [1.82, 2.24) is 5.32 Å². The van der Waals surface area contributed by atoms with Gasteiger partial charge in [0.1, 0.15) is 5.75 Å². The number of aryl methyl sites for hydroxylation is 1. The van der Waals surface area contributed by atoms with Crippen molar-refractivity contribution in [2.45, 2.75) is 12.8 Å². The van der Waals surface area contributed by atoms with E-state index in [1.54, 1.807) is 0 Å². The van der Waals surface area contributed by atoms with Gasteiger partial charge in [-0.15, -0.1) is 0 Å². The molecule has 3 nitrogen and oxygen atoms in total. The van der Waals surface area contributed by atoms with Gasteiger partial charge in [-0.2, -0.15) is 0 Å². The van der Waals surface area contributed by atoms with Crippen molar-refractivity contribution >= 4 is 5.69 Å². The molecule has 0 aliphatic carbocycles. The van der Waals surface area contributed by atoms with Gasteiger partial charge < -0.3 is 15.4 Å². The Labute approximate surface area is 84.5 Å². The second-order valence-electron chi connectivity index (χ2n) is 3.48. The zero-order valence-corrected chi connectivity index (χ0v) is 8.47. The predicted octanol–water partition coefficient (Wildman–Crippen LogP) is 1.60. The third-order valence-electron chi connectivity index (χ3n) is 2.38. The first-order valence-electron chi connectivity index (χ1n) is 5.04. The van der Waals surface area contributed by atoms with Crippen LogP contribution in [0.3, 0.4) is 0 Å². The SMILES string of the molecule is CNCNc1ccc2c(c1)CCCO2. The van der Waals surface area contributed by atoms with Crippen molar-refractivity contribution in [1.29, 1.82) is 0 Å². The zero-order valence-electron chi connectivity index (χ0n) is 8.47.